The molecule has 144 valence electrons. The molecule has 28 heavy (non-hydrogen) atoms. The van der Waals surface area contributed by atoms with Crippen LogP contribution in [-0.4, -0.2) is 28.2 Å². The van der Waals surface area contributed by atoms with Crippen LogP contribution in [0.4, 0.5) is 11.5 Å². The van der Waals surface area contributed by atoms with Gasteiger partial charge >= 0.3 is 0 Å². The second-order valence-corrected chi connectivity index (χ2v) is 6.79. The molecule has 1 N–H and O–H groups in total. The number of nitrogens with zero attached hydrogens (tertiary/aromatic N) is 3. The normalized spacial score (nSPS) is 14.6. The van der Waals surface area contributed by atoms with Crippen LogP contribution in [0.5, 0.6) is 11.6 Å². The van der Waals surface area contributed by atoms with Crippen LogP contribution < -0.4 is 10.1 Å². The summed E-state index contributed by atoms with van der Waals surface area (Å²) in [5.41, 5.74) is 3.08. The fourth-order valence-corrected chi connectivity index (χ4v) is 3.24. The van der Waals surface area contributed by atoms with Crippen LogP contribution in [0.3, 0.4) is 0 Å². The van der Waals surface area contributed by atoms with Crippen LogP contribution >= 0.6 is 0 Å². The Morgan fingerprint density at radius 3 is 2.50 bits per heavy atom. The van der Waals surface area contributed by atoms with Crippen molar-refractivity contribution in [2.75, 3.05) is 18.5 Å². The molecular formula is C22H24N4O2. The van der Waals surface area contributed by atoms with Gasteiger partial charge in [-0.25, -0.2) is 9.97 Å². The van der Waals surface area contributed by atoms with E-state index in [4.69, 9.17) is 9.47 Å². The number of pyridine rings is 1. The predicted octanol–water partition coefficient (Wildman–Crippen LogP) is 4.86. The lowest BCUT2D eigenvalue weighted by molar-refractivity contribution is 0.0839. The summed E-state index contributed by atoms with van der Waals surface area (Å²) in [4.78, 5) is 13.4. The van der Waals surface area contributed by atoms with Crippen LogP contribution in [0, 0.1) is 0 Å². The van der Waals surface area contributed by atoms with E-state index in [2.05, 4.69) is 33.3 Å². The van der Waals surface area contributed by atoms with Crippen molar-refractivity contribution in [3.63, 3.8) is 0 Å². The van der Waals surface area contributed by atoms with E-state index >= 15 is 0 Å². The second kappa shape index (κ2) is 8.80. The zero-order chi connectivity index (χ0) is 19.2. The first-order valence-electron chi connectivity index (χ1n) is 9.70. The third-order valence-corrected chi connectivity index (χ3v) is 4.87. The van der Waals surface area contributed by atoms with E-state index in [-0.39, 0.29) is 0 Å². The van der Waals surface area contributed by atoms with Gasteiger partial charge in [0.25, 0.3) is 0 Å². The summed E-state index contributed by atoms with van der Waals surface area (Å²) in [6.07, 6.45) is 8.16. The summed E-state index contributed by atoms with van der Waals surface area (Å²) in [5.74, 6) is 2.46. The van der Waals surface area contributed by atoms with Crippen molar-refractivity contribution in [1.82, 2.24) is 15.0 Å². The van der Waals surface area contributed by atoms with E-state index in [9.17, 15) is 0 Å². The quantitative estimate of drug-likeness (QED) is 0.662. The number of aryl methyl sites for hydroxylation is 1. The number of aromatic nitrogens is 3. The molecule has 1 aliphatic heterocycles. The van der Waals surface area contributed by atoms with E-state index in [1.165, 1.54) is 5.56 Å². The molecule has 3 heterocycles. The van der Waals surface area contributed by atoms with Crippen molar-refractivity contribution in [3.05, 3.63) is 66.2 Å². The van der Waals surface area contributed by atoms with E-state index in [1.54, 1.807) is 12.4 Å². The topological polar surface area (TPSA) is 69.2 Å². The number of benzene rings is 1. The summed E-state index contributed by atoms with van der Waals surface area (Å²) in [5, 5.41) is 3.30. The predicted molar refractivity (Wildman–Crippen MR) is 108 cm³/mol. The molecule has 0 spiro atoms. The monoisotopic (exact) mass is 376 g/mol. The van der Waals surface area contributed by atoms with Crippen molar-refractivity contribution in [3.8, 4) is 11.6 Å². The molecule has 0 atom stereocenters. The van der Waals surface area contributed by atoms with Gasteiger partial charge in [0.1, 0.15) is 17.3 Å². The molecule has 0 unspecified atom stereocenters. The van der Waals surface area contributed by atoms with Gasteiger partial charge < -0.3 is 14.8 Å². The number of nitrogens with one attached hydrogen (secondary N) is 1. The number of anilines is 2. The van der Waals surface area contributed by atoms with Gasteiger partial charge in [-0.3, -0.25) is 4.98 Å². The summed E-state index contributed by atoms with van der Waals surface area (Å²) in [6, 6.07) is 11.8. The van der Waals surface area contributed by atoms with Crippen molar-refractivity contribution < 1.29 is 9.47 Å². The minimum atomic E-state index is 0.329. The average molecular weight is 376 g/mol. The van der Waals surface area contributed by atoms with Gasteiger partial charge in [-0.2, -0.15) is 0 Å². The van der Waals surface area contributed by atoms with Crippen LogP contribution in [0.25, 0.3) is 0 Å². The van der Waals surface area contributed by atoms with Gasteiger partial charge in [0.15, 0.2) is 0 Å². The van der Waals surface area contributed by atoms with Crippen LogP contribution in [0.15, 0.2) is 55.0 Å². The molecule has 4 rings (SSSR count). The Morgan fingerprint density at radius 1 is 1.00 bits per heavy atom. The van der Waals surface area contributed by atoms with Crippen molar-refractivity contribution in [1.29, 1.82) is 0 Å². The van der Waals surface area contributed by atoms with E-state index in [0.717, 1.165) is 55.4 Å². The standard InChI is InChI=1S/C22H24N4O2/c1-2-16-3-8-20(25-15-16)26-18-4-6-19(7-5-18)28-22-21(23-11-12-24-22)17-9-13-27-14-10-17/h3-8,11-12,15,17H,2,9-10,13-14H2,1H3,(H,25,26). The first-order chi connectivity index (χ1) is 13.8. The molecule has 2 aromatic heterocycles. The first kappa shape index (κ1) is 18.4. The SMILES string of the molecule is CCc1ccc(Nc2ccc(Oc3nccnc3C3CCOCC3)cc2)nc1. The molecule has 1 fully saturated rings. The molecule has 6 heteroatoms. The van der Waals surface area contributed by atoms with Crippen molar-refractivity contribution in [2.45, 2.75) is 32.1 Å². The minimum Gasteiger partial charge on any atom is -0.437 e. The molecule has 0 amide bonds. The maximum atomic E-state index is 6.04. The number of ether oxygens (including phenoxy) is 2. The first-order valence-corrected chi connectivity index (χ1v) is 9.70. The Bertz CT molecular complexity index is 891. The van der Waals surface area contributed by atoms with Gasteiger partial charge in [-0.15, -0.1) is 0 Å². The molecule has 6 nitrogen and oxygen atoms in total. The fourth-order valence-electron chi connectivity index (χ4n) is 3.24. The highest BCUT2D eigenvalue weighted by Crippen LogP contribution is 2.33. The number of rotatable bonds is 6. The third-order valence-electron chi connectivity index (χ3n) is 4.87. The van der Waals surface area contributed by atoms with Gasteiger partial charge in [-0.05, 0) is 55.2 Å². The molecule has 0 radical (unpaired) electrons. The van der Waals surface area contributed by atoms with Gasteiger partial charge in [0.2, 0.25) is 5.88 Å². The second-order valence-electron chi connectivity index (χ2n) is 6.79. The summed E-state index contributed by atoms with van der Waals surface area (Å²) < 4.78 is 11.5. The Labute approximate surface area is 165 Å². The van der Waals surface area contributed by atoms with Gasteiger partial charge in [0.05, 0.1) is 0 Å². The van der Waals surface area contributed by atoms with Crippen molar-refractivity contribution in [2.24, 2.45) is 0 Å². The van der Waals surface area contributed by atoms with Crippen LogP contribution in [0.2, 0.25) is 0 Å². The minimum absolute atomic E-state index is 0.329. The largest absolute Gasteiger partial charge is 0.437 e. The van der Waals surface area contributed by atoms with Crippen molar-refractivity contribution >= 4 is 11.5 Å². The smallest absolute Gasteiger partial charge is 0.241 e. The Morgan fingerprint density at radius 2 is 1.79 bits per heavy atom. The average Bonchev–Trinajstić information content (AvgIpc) is 2.77. The summed E-state index contributed by atoms with van der Waals surface area (Å²) in [6.45, 7) is 3.63. The van der Waals surface area contributed by atoms with E-state index in [0.29, 0.717) is 11.8 Å². The van der Waals surface area contributed by atoms with Gasteiger partial charge in [-0.1, -0.05) is 13.0 Å². The van der Waals surface area contributed by atoms with Crippen LogP contribution in [-0.2, 0) is 11.2 Å². The lowest BCUT2D eigenvalue weighted by Crippen LogP contribution is -2.16. The Kier molecular flexibility index (Phi) is 5.77. The highest BCUT2D eigenvalue weighted by Gasteiger charge is 2.22. The maximum Gasteiger partial charge on any atom is 0.241 e. The zero-order valence-corrected chi connectivity index (χ0v) is 16.0. The Balaban J connectivity index is 1.44. The van der Waals surface area contributed by atoms with E-state index < -0.39 is 0 Å². The lowest BCUT2D eigenvalue weighted by Gasteiger charge is -2.22. The zero-order valence-electron chi connectivity index (χ0n) is 16.0. The molecule has 3 aromatic rings. The third kappa shape index (κ3) is 4.46. The highest BCUT2D eigenvalue weighted by atomic mass is 16.5. The molecule has 0 bridgehead atoms. The lowest BCUT2D eigenvalue weighted by atomic mass is 9.96. The molecule has 1 aliphatic rings. The van der Waals surface area contributed by atoms with Gasteiger partial charge in [0, 0.05) is 43.4 Å². The molecule has 1 aromatic carbocycles. The van der Waals surface area contributed by atoms with E-state index in [1.807, 2.05) is 36.5 Å². The highest BCUT2D eigenvalue weighted by molar-refractivity contribution is 5.57. The maximum absolute atomic E-state index is 6.04. The fraction of sp³-hybridized carbons (Fsp3) is 0.318. The molecular weight excluding hydrogens is 352 g/mol. The Hall–Kier alpha value is -2.99. The summed E-state index contributed by atoms with van der Waals surface area (Å²) in [7, 11) is 0. The summed E-state index contributed by atoms with van der Waals surface area (Å²) >= 11 is 0. The molecule has 0 aliphatic carbocycles. The molecule has 0 saturated carbocycles. The number of hydrogen-bond donors (Lipinski definition) is 1. The number of hydrogen-bond acceptors (Lipinski definition) is 6. The molecule has 1 saturated heterocycles. The van der Waals surface area contributed by atoms with Crippen LogP contribution in [0.1, 0.15) is 36.9 Å².